The molecule has 0 aromatic rings. The Hall–Kier alpha value is -1.32. The van der Waals surface area contributed by atoms with Gasteiger partial charge in [-0.05, 0) is 57.8 Å². The molecule has 224 valence electrons. The van der Waals surface area contributed by atoms with Crippen molar-refractivity contribution >= 4 is 11.9 Å². The van der Waals surface area contributed by atoms with Crippen LogP contribution in [0.5, 0.6) is 0 Å². The van der Waals surface area contributed by atoms with Crippen LogP contribution in [0.2, 0.25) is 0 Å². The van der Waals surface area contributed by atoms with E-state index in [0.29, 0.717) is 6.42 Å². The third-order valence-corrected chi connectivity index (χ3v) is 7.49. The molecule has 0 saturated carbocycles. The lowest BCUT2D eigenvalue weighted by atomic mass is 10.0. The molecule has 0 aromatic carbocycles. The number of hydrogen-bond acceptors (Lipinski definition) is 3. The Morgan fingerprint density at radius 2 is 0.974 bits per heavy atom. The van der Waals surface area contributed by atoms with E-state index < -0.39 is 5.97 Å². The fourth-order valence-electron chi connectivity index (χ4n) is 4.99. The van der Waals surface area contributed by atoms with Crippen LogP contribution in [0, 0.1) is 0 Å². The maximum atomic E-state index is 12.4. The third kappa shape index (κ3) is 29.2. The molecule has 0 heterocycles. The van der Waals surface area contributed by atoms with Gasteiger partial charge >= 0.3 is 11.9 Å². The van der Waals surface area contributed by atoms with E-state index in [0.717, 1.165) is 77.0 Å². The summed E-state index contributed by atoms with van der Waals surface area (Å²) < 4.78 is 5.84. The summed E-state index contributed by atoms with van der Waals surface area (Å²) in [6, 6.07) is 0. The predicted molar refractivity (Wildman–Crippen MR) is 163 cm³/mol. The van der Waals surface area contributed by atoms with Crippen molar-refractivity contribution in [2.75, 3.05) is 0 Å². The Labute approximate surface area is 236 Å². The normalized spacial score (nSPS) is 12.3. The van der Waals surface area contributed by atoms with Gasteiger partial charge in [0, 0.05) is 12.8 Å². The van der Waals surface area contributed by atoms with Crippen molar-refractivity contribution in [2.45, 2.75) is 193 Å². The van der Waals surface area contributed by atoms with Crippen molar-refractivity contribution < 1.29 is 19.4 Å². The molecular weight excluding hydrogens is 472 g/mol. The molecule has 4 heteroatoms. The lowest BCUT2D eigenvalue weighted by Crippen LogP contribution is -2.18. The minimum atomic E-state index is -0.696. The highest BCUT2D eigenvalue weighted by Gasteiger charge is 2.13. The summed E-state index contributed by atoms with van der Waals surface area (Å²) in [7, 11) is 0. The van der Waals surface area contributed by atoms with Crippen LogP contribution >= 0.6 is 0 Å². The van der Waals surface area contributed by atoms with Crippen LogP contribution in [0.1, 0.15) is 187 Å². The molecule has 0 spiro atoms. The summed E-state index contributed by atoms with van der Waals surface area (Å²) in [5, 5.41) is 8.69. The van der Waals surface area contributed by atoms with Crippen molar-refractivity contribution in [3.8, 4) is 0 Å². The van der Waals surface area contributed by atoms with Gasteiger partial charge in [0.25, 0.3) is 0 Å². The lowest BCUT2D eigenvalue weighted by molar-refractivity contribution is -0.150. The summed E-state index contributed by atoms with van der Waals surface area (Å²) in [5.74, 6) is -0.703. The molecule has 0 aliphatic heterocycles. The van der Waals surface area contributed by atoms with E-state index in [2.05, 4.69) is 26.0 Å². The van der Waals surface area contributed by atoms with Gasteiger partial charge in [-0.15, -0.1) is 0 Å². The highest BCUT2D eigenvalue weighted by Crippen LogP contribution is 2.17. The molecule has 1 unspecified atom stereocenters. The Morgan fingerprint density at radius 3 is 1.50 bits per heavy atom. The van der Waals surface area contributed by atoms with Gasteiger partial charge in [-0.3, -0.25) is 9.59 Å². The summed E-state index contributed by atoms with van der Waals surface area (Å²) >= 11 is 0. The van der Waals surface area contributed by atoms with E-state index >= 15 is 0 Å². The average molecular weight is 537 g/mol. The number of rotatable bonds is 30. The molecule has 4 nitrogen and oxygen atoms in total. The molecule has 0 radical (unpaired) electrons. The van der Waals surface area contributed by atoms with Crippen LogP contribution in [-0.2, 0) is 14.3 Å². The van der Waals surface area contributed by atoms with Gasteiger partial charge < -0.3 is 9.84 Å². The van der Waals surface area contributed by atoms with Gasteiger partial charge in [0.1, 0.15) is 6.10 Å². The largest absolute Gasteiger partial charge is 0.481 e. The fraction of sp³-hybridized carbons (Fsp3) is 0.882. The maximum Gasteiger partial charge on any atom is 0.306 e. The number of allylic oxidation sites excluding steroid dienone is 2. The smallest absolute Gasteiger partial charge is 0.306 e. The van der Waals surface area contributed by atoms with E-state index in [4.69, 9.17) is 9.84 Å². The molecule has 38 heavy (non-hydrogen) atoms. The van der Waals surface area contributed by atoms with E-state index in [-0.39, 0.29) is 18.5 Å². The number of aliphatic carboxylic acids is 1. The standard InChI is InChI=1S/C34H64O4/c1-3-5-7-8-9-10-11-12-13-14-15-16-17-18-19-24-27-31-34(37)38-32(28-6-4-2)29-25-22-20-21-23-26-30-33(35)36/h12-13,32H,3-11,14-31H2,1-2H3,(H,35,36)/b13-12-. The zero-order chi connectivity index (χ0) is 27.9. The second-order valence-electron chi connectivity index (χ2n) is 11.3. The number of carboxylic acid groups (broad SMARTS) is 1. The van der Waals surface area contributed by atoms with Crippen molar-refractivity contribution in [3.63, 3.8) is 0 Å². The second-order valence-corrected chi connectivity index (χ2v) is 11.3. The maximum absolute atomic E-state index is 12.4. The molecule has 0 rings (SSSR count). The average Bonchev–Trinajstić information content (AvgIpc) is 2.90. The van der Waals surface area contributed by atoms with Crippen LogP contribution < -0.4 is 0 Å². The van der Waals surface area contributed by atoms with Gasteiger partial charge in [-0.2, -0.15) is 0 Å². The van der Waals surface area contributed by atoms with Crippen LogP contribution in [0.25, 0.3) is 0 Å². The number of ether oxygens (including phenoxy) is 1. The van der Waals surface area contributed by atoms with Crippen molar-refractivity contribution in [2.24, 2.45) is 0 Å². The van der Waals surface area contributed by atoms with E-state index in [1.54, 1.807) is 0 Å². The molecule has 0 aromatic heterocycles. The molecule has 0 aliphatic carbocycles. The summed E-state index contributed by atoms with van der Waals surface area (Å²) in [6.07, 6.45) is 35.5. The molecule has 0 amide bonds. The Kier molecular flexibility index (Phi) is 29.2. The zero-order valence-corrected chi connectivity index (χ0v) is 25.5. The summed E-state index contributed by atoms with van der Waals surface area (Å²) in [4.78, 5) is 22.9. The molecule has 1 atom stereocenters. The number of carboxylic acids is 1. The van der Waals surface area contributed by atoms with Crippen molar-refractivity contribution in [1.29, 1.82) is 0 Å². The zero-order valence-electron chi connectivity index (χ0n) is 25.5. The fourth-order valence-corrected chi connectivity index (χ4v) is 4.99. The highest BCUT2D eigenvalue weighted by molar-refractivity contribution is 5.69. The number of carbonyl (C=O) groups excluding carboxylic acids is 1. The highest BCUT2D eigenvalue weighted by atomic mass is 16.5. The van der Waals surface area contributed by atoms with E-state index in [1.807, 2.05) is 0 Å². The van der Waals surface area contributed by atoms with Crippen LogP contribution in [0.3, 0.4) is 0 Å². The van der Waals surface area contributed by atoms with Crippen molar-refractivity contribution in [1.82, 2.24) is 0 Å². The number of hydrogen-bond donors (Lipinski definition) is 1. The van der Waals surface area contributed by atoms with Gasteiger partial charge in [0.15, 0.2) is 0 Å². The van der Waals surface area contributed by atoms with E-state index in [9.17, 15) is 9.59 Å². The second kappa shape index (κ2) is 30.2. The summed E-state index contributed by atoms with van der Waals surface area (Å²) in [5.41, 5.74) is 0. The first-order chi connectivity index (χ1) is 18.6. The van der Waals surface area contributed by atoms with Gasteiger partial charge in [-0.25, -0.2) is 0 Å². The first kappa shape index (κ1) is 36.7. The molecular formula is C34H64O4. The SMILES string of the molecule is CCCCCCCC/C=C\CCCCCCCCCC(=O)OC(CCCC)CCCCCCCCC(=O)O. The number of carbonyl (C=O) groups is 2. The van der Waals surface area contributed by atoms with Crippen LogP contribution in [0.4, 0.5) is 0 Å². The van der Waals surface area contributed by atoms with Crippen LogP contribution in [-0.4, -0.2) is 23.1 Å². The number of unbranched alkanes of at least 4 members (excludes halogenated alkanes) is 19. The molecule has 1 N–H and O–H groups in total. The molecule has 0 saturated heterocycles. The Morgan fingerprint density at radius 1 is 0.553 bits per heavy atom. The third-order valence-electron chi connectivity index (χ3n) is 7.49. The number of esters is 1. The molecule has 0 aliphatic rings. The monoisotopic (exact) mass is 536 g/mol. The van der Waals surface area contributed by atoms with Gasteiger partial charge in [0.2, 0.25) is 0 Å². The topological polar surface area (TPSA) is 63.6 Å². The minimum absolute atomic E-state index is 0.00693. The van der Waals surface area contributed by atoms with E-state index in [1.165, 1.54) is 83.5 Å². The van der Waals surface area contributed by atoms with Crippen LogP contribution in [0.15, 0.2) is 12.2 Å². The molecule has 0 fully saturated rings. The van der Waals surface area contributed by atoms with Crippen molar-refractivity contribution in [3.05, 3.63) is 12.2 Å². The summed E-state index contributed by atoms with van der Waals surface area (Å²) in [6.45, 7) is 4.46. The Balaban J connectivity index is 3.63. The molecule has 0 bridgehead atoms. The minimum Gasteiger partial charge on any atom is -0.481 e. The quantitative estimate of drug-likeness (QED) is 0.0563. The van der Waals surface area contributed by atoms with Gasteiger partial charge in [0.05, 0.1) is 0 Å². The Bertz CT molecular complexity index is 543. The first-order valence-corrected chi connectivity index (χ1v) is 16.7. The first-order valence-electron chi connectivity index (χ1n) is 16.7. The van der Waals surface area contributed by atoms with Gasteiger partial charge in [-0.1, -0.05) is 129 Å². The lowest BCUT2D eigenvalue weighted by Gasteiger charge is -2.18. The predicted octanol–water partition coefficient (Wildman–Crippen LogP) is 11.1.